The number of para-hydroxylation sites is 1. The van der Waals surface area contributed by atoms with Crippen LogP contribution in [0.4, 0.5) is 5.69 Å². The first kappa shape index (κ1) is 23.5. The summed E-state index contributed by atoms with van der Waals surface area (Å²) < 4.78 is 0. The van der Waals surface area contributed by atoms with Crippen molar-refractivity contribution in [3.8, 4) is 0 Å². The van der Waals surface area contributed by atoms with Crippen LogP contribution in [0.3, 0.4) is 0 Å². The van der Waals surface area contributed by atoms with Crippen LogP contribution in [0.1, 0.15) is 64.6 Å². The van der Waals surface area contributed by atoms with Gasteiger partial charge in [-0.05, 0) is 105 Å². The van der Waals surface area contributed by atoms with Crippen molar-refractivity contribution in [2.45, 2.75) is 43.9 Å². The number of benzene rings is 3. The summed E-state index contributed by atoms with van der Waals surface area (Å²) in [6, 6.07) is 26.2. The minimum atomic E-state index is -0.109. The van der Waals surface area contributed by atoms with Gasteiger partial charge in [0.05, 0.1) is 0 Å². The lowest BCUT2D eigenvalue weighted by Crippen LogP contribution is -2.35. The summed E-state index contributed by atoms with van der Waals surface area (Å²) in [5.41, 5.74) is 5.15. The number of amides is 1. The Kier molecular flexibility index (Phi) is 7.39. The molecule has 35 heavy (non-hydrogen) atoms. The van der Waals surface area contributed by atoms with E-state index >= 15 is 0 Å². The molecule has 1 aliphatic heterocycles. The first-order valence-corrected chi connectivity index (χ1v) is 12.9. The van der Waals surface area contributed by atoms with Crippen molar-refractivity contribution in [2.75, 3.05) is 25.0 Å². The number of carbonyl (C=O) groups excluding carboxylic acids is 2. The first-order valence-electron chi connectivity index (χ1n) is 12.9. The Hall–Kier alpha value is -3.24. The van der Waals surface area contributed by atoms with E-state index in [0.29, 0.717) is 17.4 Å². The first-order chi connectivity index (χ1) is 17.2. The van der Waals surface area contributed by atoms with Crippen LogP contribution in [0.15, 0.2) is 78.9 Å². The molecule has 2 atom stereocenters. The maximum Gasteiger partial charge on any atom is 0.255 e. The van der Waals surface area contributed by atoms with E-state index in [1.807, 2.05) is 48.5 Å². The lowest BCUT2D eigenvalue weighted by Gasteiger charge is -2.35. The van der Waals surface area contributed by atoms with Gasteiger partial charge in [0.15, 0.2) is 0 Å². The second-order valence-corrected chi connectivity index (χ2v) is 10.0. The number of aldehydes is 1. The van der Waals surface area contributed by atoms with Crippen LogP contribution in [0.25, 0.3) is 0 Å². The van der Waals surface area contributed by atoms with E-state index < -0.39 is 0 Å². The molecule has 1 N–H and O–H groups in total. The standard InChI is InChI=1S/C31H34N2O2/c34-22-30-25(17-20-33-18-15-24(16-19-33)23-7-3-1-4-8-23)11-12-26-21-27(13-14-29(26)30)31(35)32-28-9-5-2-6-10-28/h1-10,13-14,21-22,24-25,30H,11-12,15-20H2,(H,32,35). The number of aryl methyl sites for hydroxylation is 1. The average Bonchev–Trinajstić information content (AvgIpc) is 2.92. The smallest absolute Gasteiger partial charge is 0.255 e. The van der Waals surface area contributed by atoms with Crippen molar-refractivity contribution in [3.05, 3.63) is 101 Å². The maximum atomic E-state index is 12.7. The van der Waals surface area contributed by atoms with Crippen LogP contribution in [0, 0.1) is 5.92 Å². The molecular formula is C31H34N2O2. The second-order valence-electron chi connectivity index (χ2n) is 10.0. The number of anilines is 1. The molecule has 1 saturated heterocycles. The molecule has 0 saturated carbocycles. The van der Waals surface area contributed by atoms with Gasteiger partial charge in [0, 0.05) is 17.2 Å². The number of nitrogens with zero attached hydrogens (tertiary/aromatic N) is 1. The lowest BCUT2D eigenvalue weighted by atomic mass is 9.74. The van der Waals surface area contributed by atoms with Gasteiger partial charge in [0.1, 0.15) is 6.29 Å². The highest BCUT2D eigenvalue weighted by Gasteiger charge is 2.30. The quantitative estimate of drug-likeness (QED) is 0.431. The van der Waals surface area contributed by atoms with Crippen LogP contribution in [-0.4, -0.2) is 36.7 Å². The summed E-state index contributed by atoms with van der Waals surface area (Å²) in [5, 5.41) is 2.96. The van der Waals surface area contributed by atoms with E-state index in [9.17, 15) is 9.59 Å². The summed E-state index contributed by atoms with van der Waals surface area (Å²) in [4.78, 5) is 27.4. The van der Waals surface area contributed by atoms with E-state index in [2.05, 4.69) is 40.5 Å². The third kappa shape index (κ3) is 5.54. The average molecular weight is 467 g/mol. The maximum absolute atomic E-state index is 12.7. The van der Waals surface area contributed by atoms with Gasteiger partial charge in [0.25, 0.3) is 5.91 Å². The molecular weight excluding hydrogens is 432 g/mol. The Morgan fingerprint density at radius 1 is 0.914 bits per heavy atom. The third-order valence-electron chi connectivity index (χ3n) is 7.91. The normalized spacial score (nSPS) is 20.7. The van der Waals surface area contributed by atoms with Gasteiger partial charge in [-0.2, -0.15) is 0 Å². The van der Waals surface area contributed by atoms with Crippen LogP contribution in [0.5, 0.6) is 0 Å². The highest BCUT2D eigenvalue weighted by atomic mass is 16.1. The van der Waals surface area contributed by atoms with E-state index in [0.717, 1.165) is 62.0 Å². The number of fused-ring (bicyclic) bond motifs is 1. The fourth-order valence-corrected chi connectivity index (χ4v) is 5.86. The molecule has 1 amide bonds. The van der Waals surface area contributed by atoms with Gasteiger partial charge in [-0.3, -0.25) is 4.79 Å². The molecule has 4 heteroatoms. The van der Waals surface area contributed by atoms with Crippen molar-refractivity contribution in [1.29, 1.82) is 0 Å². The predicted octanol–water partition coefficient (Wildman–Crippen LogP) is 6.05. The van der Waals surface area contributed by atoms with Crippen molar-refractivity contribution in [2.24, 2.45) is 5.92 Å². The highest BCUT2D eigenvalue weighted by Crippen LogP contribution is 2.38. The summed E-state index contributed by atoms with van der Waals surface area (Å²) in [5.74, 6) is 0.857. The molecule has 4 nitrogen and oxygen atoms in total. The zero-order chi connectivity index (χ0) is 24.0. The van der Waals surface area contributed by atoms with E-state index in [1.165, 1.54) is 18.4 Å². The van der Waals surface area contributed by atoms with Crippen molar-refractivity contribution in [1.82, 2.24) is 4.90 Å². The van der Waals surface area contributed by atoms with Gasteiger partial charge in [0.2, 0.25) is 0 Å². The summed E-state index contributed by atoms with van der Waals surface area (Å²) in [7, 11) is 0. The monoisotopic (exact) mass is 466 g/mol. The lowest BCUT2D eigenvalue weighted by molar-refractivity contribution is -0.110. The minimum absolute atomic E-state index is 0.0770. The molecule has 180 valence electrons. The summed E-state index contributed by atoms with van der Waals surface area (Å²) in [6.45, 7) is 3.33. The van der Waals surface area contributed by atoms with Gasteiger partial charge >= 0.3 is 0 Å². The number of hydrogen-bond acceptors (Lipinski definition) is 3. The fraction of sp³-hybridized carbons (Fsp3) is 0.355. The van der Waals surface area contributed by atoms with Crippen molar-refractivity contribution >= 4 is 17.9 Å². The zero-order valence-electron chi connectivity index (χ0n) is 20.2. The predicted molar refractivity (Wildman–Crippen MR) is 141 cm³/mol. The number of rotatable bonds is 7. The van der Waals surface area contributed by atoms with Crippen LogP contribution in [0.2, 0.25) is 0 Å². The Morgan fingerprint density at radius 2 is 1.63 bits per heavy atom. The number of nitrogens with one attached hydrogen (secondary N) is 1. The van der Waals surface area contributed by atoms with Gasteiger partial charge in [-0.15, -0.1) is 0 Å². The summed E-state index contributed by atoms with van der Waals surface area (Å²) in [6.07, 6.45) is 6.53. The van der Waals surface area contributed by atoms with Crippen LogP contribution in [-0.2, 0) is 11.2 Å². The van der Waals surface area contributed by atoms with Crippen molar-refractivity contribution < 1.29 is 9.59 Å². The molecule has 5 rings (SSSR count). The van der Waals surface area contributed by atoms with Gasteiger partial charge < -0.3 is 15.0 Å². The highest BCUT2D eigenvalue weighted by molar-refractivity contribution is 6.04. The molecule has 1 heterocycles. The molecule has 2 aliphatic rings. The molecule has 0 bridgehead atoms. The molecule has 0 spiro atoms. The Bertz CT molecular complexity index is 1140. The van der Waals surface area contributed by atoms with Crippen LogP contribution < -0.4 is 5.32 Å². The number of carbonyl (C=O) groups is 2. The summed E-state index contributed by atoms with van der Waals surface area (Å²) >= 11 is 0. The Morgan fingerprint density at radius 3 is 2.34 bits per heavy atom. The molecule has 1 aliphatic carbocycles. The molecule has 1 fully saturated rings. The molecule has 3 aromatic rings. The number of piperidine rings is 1. The Balaban J connectivity index is 1.17. The van der Waals surface area contributed by atoms with E-state index in [-0.39, 0.29) is 11.8 Å². The Labute approximate surface area is 208 Å². The fourth-order valence-electron chi connectivity index (χ4n) is 5.86. The molecule has 3 aromatic carbocycles. The largest absolute Gasteiger partial charge is 0.322 e. The van der Waals surface area contributed by atoms with Gasteiger partial charge in [-0.1, -0.05) is 54.6 Å². The zero-order valence-corrected chi connectivity index (χ0v) is 20.2. The van der Waals surface area contributed by atoms with Crippen LogP contribution >= 0.6 is 0 Å². The number of hydrogen-bond donors (Lipinski definition) is 1. The van der Waals surface area contributed by atoms with Gasteiger partial charge in [-0.25, -0.2) is 0 Å². The van der Waals surface area contributed by atoms with Crippen molar-refractivity contribution in [3.63, 3.8) is 0 Å². The molecule has 0 aromatic heterocycles. The SMILES string of the molecule is O=CC1c2ccc(C(=O)Nc3ccccc3)cc2CCC1CCN1CCC(c2ccccc2)CC1. The number of likely N-dealkylation sites (tertiary alicyclic amines) is 1. The topological polar surface area (TPSA) is 49.4 Å². The third-order valence-corrected chi connectivity index (χ3v) is 7.91. The minimum Gasteiger partial charge on any atom is -0.322 e. The molecule has 2 unspecified atom stereocenters. The van der Waals surface area contributed by atoms with E-state index in [4.69, 9.17) is 0 Å². The second kappa shape index (κ2) is 11.0. The molecule has 0 radical (unpaired) electrons. The van der Waals surface area contributed by atoms with E-state index in [1.54, 1.807) is 0 Å².